The summed E-state index contributed by atoms with van der Waals surface area (Å²) in [6, 6.07) is 11.6. The number of aryl methyl sites for hydroxylation is 1. The molecule has 33 heavy (non-hydrogen) atoms. The van der Waals surface area contributed by atoms with Crippen LogP contribution in [0.25, 0.3) is 0 Å². The van der Waals surface area contributed by atoms with E-state index in [0.29, 0.717) is 23.2 Å². The number of amides is 2. The molecule has 1 heterocycles. The lowest BCUT2D eigenvalue weighted by molar-refractivity contribution is -0.120. The average molecular weight is 472 g/mol. The van der Waals surface area contributed by atoms with Gasteiger partial charge in [-0.2, -0.15) is 0 Å². The first kappa shape index (κ1) is 24.2. The van der Waals surface area contributed by atoms with E-state index in [4.69, 9.17) is 4.74 Å². The highest BCUT2D eigenvalue weighted by Crippen LogP contribution is 2.20. The Morgan fingerprint density at radius 1 is 1.12 bits per heavy atom. The maximum absolute atomic E-state index is 13.4. The standard InChI is InChI=1S/C23H26FN5O3S/c1-4-29-20(13-25-21(30)11-16-6-9-18(32-3)10-7-16)27-28-23(29)33-14-22(31)26-19-12-17(24)8-5-15(19)2/h5-10,12H,4,11,13-14H2,1-3H3,(H,25,30)(H,26,31). The number of hydrogen-bond donors (Lipinski definition) is 2. The van der Waals surface area contributed by atoms with Gasteiger partial charge in [0, 0.05) is 12.2 Å². The van der Waals surface area contributed by atoms with E-state index in [2.05, 4.69) is 20.8 Å². The number of aromatic nitrogens is 3. The highest BCUT2D eigenvalue weighted by molar-refractivity contribution is 7.99. The molecule has 0 spiro atoms. The zero-order chi connectivity index (χ0) is 23.8. The first-order chi connectivity index (χ1) is 15.9. The van der Waals surface area contributed by atoms with Crippen LogP contribution in [0.3, 0.4) is 0 Å². The number of methoxy groups -OCH3 is 1. The SMILES string of the molecule is CCn1c(CNC(=O)Cc2ccc(OC)cc2)nnc1SCC(=O)Nc1cc(F)ccc1C. The third-order valence-corrected chi connectivity index (χ3v) is 5.85. The van der Waals surface area contributed by atoms with Gasteiger partial charge in [-0.1, -0.05) is 30.0 Å². The van der Waals surface area contributed by atoms with Gasteiger partial charge in [-0.25, -0.2) is 4.39 Å². The van der Waals surface area contributed by atoms with Crippen LogP contribution in [0.4, 0.5) is 10.1 Å². The Hall–Kier alpha value is -3.40. The molecule has 0 aliphatic heterocycles. The molecule has 8 nitrogen and oxygen atoms in total. The third-order valence-electron chi connectivity index (χ3n) is 4.88. The second-order valence-corrected chi connectivity index (χ2v) is 8.18. The number of nitrogens with one attached hydrogen (secondary N) is 2. The van der Waals surface area contributed by atoms with Gasteiger partial charge in [0.2, 0.25) is 11.8 Å². The lowest BCUT2D eigenvalue weighted by Gasteiger charge is -2.10. The summed E-state index contributed by atoms with van der Waals surface area (Å²) in [6.45, 7) is 4.55. The topological polar surface area (TPSA) is 98.1 Å². The number of carbonyl (C=O) groups is 2. The maximum atomic E-state index is 13.4. The van der Waals surface area contributed by atoms with Crippen LogP contribution in [-0.2, 0) is 29.1 Å². The van der Waals surface area contributed by atoms with E-state index in [0.717, 1.165) is 16.9 Å². The van der Waals surface area contributed by atoms with Crippen LogP contribution in [0.1, 0.15) is 23.9 Å². The molecule has 3 aromatic rings. The predicted octanol–water partition coefficient (Wildman–Crippen LogP) is 3.34. The van der Waals surface area contributed by atoms with Crippen LogP contribution in [0, 0.1) is 12.7 Å². The van der Waals surface area contributed by atoms with Crippen molar-refractivity contribution in [2.75, 3.05) is 18.2 Å². The summed E-state index contributed by atoms with van der Waals surface area (Å²) in [5.74, 6) is 0.619. The summed E-state index contributed by atoms with van der Waals surface area (Å²) in [7, 11) is 1.59. The molecule has 0 radical (unpaired) electrons. The maximum Gasteiger partial charge on any atom is 0.234 e. The molecule has 0 saturated heterocycles. The Morgan fingerprint density at radius 2 is 1.88 bits per heavy atom. The molecular weight excluding hydrogens is 445 g/mol. The van der Waals surface area contributed by atoms with Crippen LogP contribution in [-0.4, -0.2) is 39.4 Å². The number of anilines is 1. The fourth-order valence-electron chi connectivity index (χ4n) is 3.09. The van der Waals surface area contributed by atoms with Gasteiger partial charge >= 0.3 is 0 Å². The minimum absolute atomic E-state index is 0.0952. The van der Waals surface area contributed by atoms with Crippen molar-refractivity contribution in [3.8, 4) is 5.75 Å². The Morgan fingerprint density at radius 3 is 2.58 bits per heavy atom. The molecule has 0 aliphatic rings. The number of carbonyl (C=O) groups excluding carboxylic acids is 2. The van der Waals surface area contributed by atoms with Crippen LogP contribution < -0.4 is 15.4 Å². The monoisotopic (exact) mass is 471 g/mol. The van der Waals surface area contributed by atoms with E-state index in [1.54, 1.807) is 20.1 Å². The molecule has 0 unspecified atom stereocenters. The first-order valence-electron chi connectivity index (χ1n) is 10.4. The van der Waals surface area contributed by atoms with E-state index in [1.165, 1.54) is 23.9 Å². The fourth-order valence-corrected chi connectivity index (χ4v) is 3.91. The van der Waals surface area contributed by atoms with E-state index >= 15 is 0 Å². The Kier molecular flexibility index (Phi) is 8.42. The summed E-state index contributed by atoms with van der Waals surface area (Å²) in [5.41, 5.74) is 2.10. The Labute approximate surface area is 195 Å². The number of rotatable bonds is 10. The minimum Gasteiger partial charge on any atom is -0.497 e. The second kappa shape index (κ2) is 11.5. The van der Waals surface area contributed by atoms with Crippen molar-refractivity contribution in [2.45, 2.75) is 38.5 Å². The summed E-state index contributed by atoms with van der Waals surface area (Å²) in [4.78, 5) is 24.6. The van der Waals surface area contributed by atoms with Gasteiger partial charge in [0.1, 0.15) is 11.6 Å². The minimum atomic E-state index is -0.409. The molecule has 0 atom stereocenters. The van der Waals surface area contributed by atoms with E-state index in [1.807, 2.05) is 35.8 Å². The van der Waals surface area contributed by atoms with Crippen LogP contribution in [0.5, 0.6) is 5.75 Å². The third kappa shape index (κ3) is 6.79. The summed E-state index contributed by atoms with van der Waals surface area (Å²) in [6.07, 6.45) is 0.242. The second-order valence-electron chi connectivity index (χ2n) is 7.24. The molecular formula is C23H26FN5O3S. The zero-order valence-corrected chi connectivity index (χ0v) is 19.5. The highest BCUT2D eigenvalue weighted by Gasteiger charge is 2.15. The average Bonchev–Trinajstić information content (AvgIpc) is 3.21. The molecule has 174 valence electrons. The highest BCUT2D eigenvalue weighted by atomic mass is 32.2. The first-order valence-corrected chi connectivity index (χ1v) is 11.4. The van der Waals surface area contributed by atoms with E-state index < -0.39 is 5.82 Å². The van der Waals surface area contributed by atoms with Crippen LogP contribution >= 0.6 is 11.8 Å². The van der Waals surface area contributed by atoms with Gasteiger partial charge in [-0.3, -0.25) is 9.59 Å². The lowest BCUT2D eigenvalue weighted by Crippen LogP contribution is -2.26. The number of nitrogens with zero attached hydrogens (tertiary/aromatic N) is 3. The van der Waals surface area contributed by atoms with Crippen molar-refractivity contribution in [3.63, 3.8) is 0 Å². The number of benzene rings is 2. The molecule has 1 aromatic heterocycles. The molecule has 2 N–H and O–H groups in total. The summed E-state index contributed by atoms with van der Waals surface area (Å²) in [5, 5.41) is 14.4. The van der Waals surface area contributed by atoms with Gasteiger partial charge in [0.25, 0.3) is 0 Å². The van der Waals surface area contributed by atoms with Crippen molar-refractivity contribution in [1.82, 2.24) is 20.1 Å². The summed E-state index contributed by atoms with van der Waals surface area (Å²) < 4.78 is 20.4. The summed E-state index contributed by atoms with van der Waals surface area (Å²) >= 11 is 1.23. The quantitative estimate of drug-likeness (QED) is 0.440. The van der Waals surface area contributed by atoms with Crippen LogP contribution in [0.2, 0.25) is 0 Å². The molecule has 0 bridgehead atoms. The normalized spacial score (nSPS) is 10.7. The van der Waals surface area contributed by atoms with E-state index in [9.17, 15) is 14.0 Å². The van der Waals surface area contributed by atoms with Crippen molar-refractivity contribution in [2.24, 2.45) is 0 Å². The smallest absolute Gasteiger partial charge is 0.234 e. The molecule has 2 aromatic carbocycles. The predicted molar refractivity (Wildman–Crippen MR) is 125 cm³/mol. The van der Waals surface area contributed by atoms with Gasteiger partial charge in [0.15, 0.2) is 11.0 Å². The van der Waals surface area contributed by atoms with Crippen molar-refractivity contribution in [1.29, 1.82) is 0 Å². The molecule has 0 saturated carbocycles. The van der Waals surface area contributed by atoms with Crippen molar-refractivity contribution >= 4 is 29.3 Å². The van der Waals surface area contributed by atoms with Crippen molar-refractivity contribution in [3.05, 3.63) is 65.2 Å². The Bertz CT molecular complexity index is 1120. The van der Waals surface area contributed by atoms with Crippen LogP contribution in [0.15, 0.2) is 47.6 Å². The van der Waals surface area contributed by atoms with Gasteiger partial charge in [-0.15, -0.1) is 10.2 Å². The van der Waals surface area contributed by atoms with E-state index in [-0.39, 0.29) is 30.5 Å². The van der Waals surface area contributed by atoms with Gasteiger partial charge in [0.05, 0.1) is 25.8 Å². The lowest BCUT2D eigenvalue weighted by atomic mass is 10.1. The van der Waals surface area contributed by atoms with Crippen molar-refractivity contribution < 1.29 is 18.7 Å². The number of ether oxygens (including phenoxy) is 1. The molecule has 3 rings (SSSR count). The Balaban J connectivity index is 1.52. The zero-order valence-electron chi connectivity index (χ0n) is 18.7. The van der Waals surface area contributed by atoms with Gasteiger partial charge in [-0.05, 0) is 49.2 Å². The number of halogens is 1. The number of thioether (sulfide) groups is 1. The molecule has 0 aliphatic carbocycles. The number of hydrogen-bond acceptors (Lipinski definition) is 6. The fraction of sp³-hybridized carbons (Fsp3) is 0.304. The largest absolute Gasteiger partial charge is 0.497 e. The molecule has 0 fully saturated rings. The molecule has 10 heteroatoms. The van der Waals surface area contributed by atoms with Gasteiger partial charge < -0.3 is 19.9 Å². The molecule has 2 amide bonds.